The first-order valence-corrected chi connectivity index (χ1v) is 9.91. The minimum Gasteiger partial charge on any atom is -0.504 e. The number of nitrogens with zero attached hydrogens (tertiary/aromatic N) is 2. The quantitative estimate of drug-likeness (QED) is 0.657. The highest BCUT2D eigenvalue weighted by molar-refractivity contribution is 6.23. The standard InChI is InChI=1S/C24H20N2O5/c1-30-18-14-8-13-17(21(18)27)20-19-22(31-26(20)16-11-6-3-7-12-16)24(29)25(23(19)28)15-9-4-2-5-10-15/h2-14,19-20,22,27H,1H3/t19-,20-,22-/m1/s1. The molecule has 0 bridgehead atoms. The maximum atomic E-state index is 13.5. The van der Waals surface area contributed by atoms with E-state index < -0.39 is 24.0 Å². The van der Waals surface area contributed by atoms with Crippen LogP contribution in [0.15, 0.2) is 78.9 Å². The van der Waals surface area contributed by atoms with Gasteiger partial charge in [-0.05, 0) is 30.3 Å². The first-order valence-electron chi connectivity index (χ1n) is 9.91. The number of aromatic hydroxyl groups is 1. The number of anilines is 2. The summed E-state index contributed by atoms with van der Waals surface area (Å²) in [6.07, 6.45) is -0.997. The van der Waals surface area contributed by atoms with E-state index in [1.807, 2.05) is 36.4 Å². The Balaban J connectivity index is 1.63. The minimum atomic E-state index is -0.997. The topological polar surface area (TPSA) is 79.3 Å². The molecule has 2 aliphatic heterocycles. The Hall–Kier alpha value is -3.84. The summed E-state index contributed by atoms with van der Waals surface area (Å²) in [5, 5.41) is 12.4. The van der Waals surface area contributed by atoms with E-state index in [1.165, 1.54) is 12.0 Å². The van der Waals surface area contributed by atoms with Crippen LogP contribution in [0, 0.1) is 5.92 Å². The fourth-order valence-electron chi connectivity index (χ4n) is 4.30. The minimum absolute atomic E-state index is 0.0846. The predicted octanol–water partition coefficient (Wildman–Crippen LogP) is 3.45. The summed E-state index contributed by atoms with van der Waals surface area (Å²) >= 11 is 0. The Bertz CT molecular complexity index is 1140. The molecule has 156 valence electrons. The average molecular weight is 416 g/mol. The van der Waals surface area contributed by atoms with Crippen molar-refractivity contribution in [2.45, 2.75) is 12.1 Å². The van der Waals surface area contributed by atoms with E-state index in [9.17, 15) is 14.7 Å². The van der Waals surface area contributed by atoms with Crippen LogP contribution in [0.2, 0.25) is 0 Å². The number of imide groups is 1. The number of carbonyl (C=O) groups is 2. The smallest absolute Gasteiger partial charge is 0.266 e. The van der Waals surface area contributed by atoms with Crippen LogP contribution >= 0.6 is 0 Å². The molecular weight excluding hydrogens is 396 g/mol. The van der Waals surface area contributed by atoms with Gasteiger partial charge in [0.25, 0.3) is 5.91 Å². The number of phenolic OH excluding ortho intramolecular Hbond substituents is 1. The molecule has 31 heavy (non-hydrogen) atoms. The van der Waals surface area contributed by atoms with Crippen LogP contribution in [-0.4, -0.2) is 30.1 Å². The fraction of sp³-hybridized carbons (Fsp3) is 0.167. The molecule has 0 aromatic heterocycles. The van der Waals surface area contributed by atoms with Crippen molar-refractivity contribution < 1.29 is 24.3 Å². The van der Waals surface area contributed by atoms with Crippen molar-refractivity contribution in [3.8, 4) is 11.5 Å². The summed E-state index contributed by atoms with van der Waals surface area (Å²) in [6.45, 7) is 0. The van der Waals surface area contributed by atoms with E-state index in [0.717, 1.165) is 0 Å². The number of hydroxylamine groups is 1. The molecule has 2 fully saturated rings. The molecule has 3 aromatic rings. The van der Waals surface area contributed by atoms with Crippen molar-refractivity contribution in [2.75, 3.05) is 17.1 Å². The number of benzene rings is 3. The van der Waals surface area contributed by atoms with Crippen molar-refractivity contribution in [2.24, 2.45) is 5.92 Å². The van der Waals surface area contributed by atoms with E-state index in [2.05, 4.69) is 0 Å². The van der Waals surface area contributed by atoms with Gasteiger partial charge in [-0.25, -0.2) is 9.96 Å². The predicted molar refractivity (Wildman–Crippen MR) is 114 cm³/mol. The average Bonchev–Trinajstić information content (AvgIpc) is 3.31. The SMILES string of the molecule is COc1cccc([C@@H]2[C@H]3C(=O)N(c4ccccc4)C(=O)[C@@H]3ON2c2ccccc2)c1O. The van der Waals surface area contributed by atoms with Gasteiger partial charge >= 0.3 is 0 Å². The van der Waals surface area contributed by atoms with Crippen molar-refractivity contribution in [1.29, 1.82) is 0 Å². The van der Waals surface area contributed by atoms with Gasteiger partial charge < -0.3 is 9.84 Å². The molecule has 3 atom stereocenters. The summed E-state index contributed by atoms with van der Waals surface area (Å²) in [4.78, 5) is 34.0. The molecule has 0 spiro atoms. The highest BCUT2D eigenvalue weighted by Gasteiger charge is 2.60. The molecule has 3 aromatic carbocycles. The Morgan fingerprint density at radius 3 is 2.13 bits per heavy atom. The van der Waals surface area contributed by atoms with Gasteiger partial charge in [0.2, 0.25) is 5.91 Å². The zero-order chi connectivity index (χ0) is 21.5. The zero-order valence-electron chi connectivity index (χ0n) is 16.7. The third kappa shape index (κ3) is 2.93. The largest absolute Gasteiger partial charge is 0.504 e. The molecule has 5 rings (SSSR count). The Morgan fingerprint density at radius 1 is 0.839 bits per heavy atom. The Labute approximate surface area is 179 Å². The lowest BCUT2D eigenvalue weighted by molar-refractivity contribution is -0.126. The highest BCUT2D eigenvalue weighted by Crippen LogP contribution is 2.50. The molecule has 0 saturated carbocycles. The van der Waals surface area contributed by atoms with Crippen LogP contribution < -0.4 is 14.7 Å². The summed E-state index contributed by atoms with van der Waals surface area (Å²) in [5.41, 5.74) is 1.62. The Kier molecular flexibility index (Phi) is 4.60. The normalized spacial score (nSPS) is 22.7. The van der Waals surface area contributed by atoms with Crippen molar-refractivity contribution in [1.82, 2.24) is 0 Å². The number of hydrogen-bond acceptors (Lipinski definition) is 6. The van der Waals surface area contributed by atoms with Gasteiger partial charge in [-0.2, -0.15) is 0 Å². The number of methoxy groups -OCH3 is 1. The lowest BCUT2D eigenvalue weighted by atomic mass is 9.90. The van der Waals surface area contributed by atoms with E-state index in [4.69, 9.17) is 9.57 Å². The number of fused-ring (bicyclic) bond motifs is 1. The molecule has 1 N–H and O–H groups in total. The third-order valence-corrected chi connectivity index (χ3v) is 5.71. The molecule has 7 heteroatoms. The van der Waals surface area contributed by atoms with Crippen LogP contribution in [0.4, 0.5) is 11.4 Å². The molecule has 2 aliphatic rings. The molecule has 0 unspecified atom stereocenters. The van der Waals surface area contributed by atoms with Crippen LogP contribution in [0.3, 0.4) is 0 Å². The molecule has 0 radical (unpaired) electrons. The number of ether oxygens (including phenoxy) is 1. The summed E-state index contributed by atoms with van der Waals surface area (Å²) in [7, 11) is 1.46. The second-order valence-corrected chi connectivity index (χ2v) is 7.40. The molecule has 2 heterocycles. The highest BCUT2D eigenvalue weighted by atomic mass is 16.7. The van der Waals surface area contributed by atoms with Crippen LogP contribution in [-0.2, 0) is 14.4 Å². The van der Waals surface area contributed by atoms with E-state index >= 15 is 0 Å². The fourth-order valence-corrected chi connectivity index (χ4v) is 4.30. The maximum absolute atomic E-state index is 13.5. The van der Waals surface area contributed by atoms with Crippen LogP contribution in [0.5, 0.6) is 11.5 Å². The summed E-state index contributed by atoms with van der Waals surface area (Å²) in [6, 6.07) is 22.4. The summed E-state index contributed by atoms with van der Waals surface area (Å²) in [5.74, 6) is -1.42. The van der Waals surface area contributed by atoms with Gasteiger partial charge in [-0.1, -0.05) is 48.5 Å². The van der Waals surface area contributed by atoms with Gasteiger partial charge in [-0.3, -0.25) is 14.4 Å². The first-order chi connectivity index (χ1) is 15.1. The lowest BCUT2D eigenvalue weighted by Crippen LogP contribution is -2.37. The maximum Gasteiger partial charge on any atom is 0.266 e. The first kappa shape index (κ1) is 19.1. The molecular formula is C24H20N2O5. The van der Waals surface area contributed by atoms with Gasteiger partial charge in [0, 0.05) is 5.56 Å². The van der Waals surface area contributed by atoms with Gasteiger partial charge in [0.05, 0.1) is 18.5 Å². The van der Waals surface area contributed by atoms with Gasteiger partial charge in [-0.15, -0.1) is 0 Å². The number of carbonyl (C=O) groups excluding carboxylic acids is 2. The summed E-state index contributed by atoms with van der Waals surface area (Å²) < 4.78 is 5.26. The zero-order valence-corrected chi connectivity index (χ0v) is 16.7. The Morgan fingerprint density at radius 2 is 1.48 bits per heavy atom. The van der Waals surface area contributed by atoms with Crippen molar-refractivity contribution >= 4 is 23.2 Å². The second-order valence-electron chi connectivity index (χ2n) is 7.40. The lowest BCUT2D eigenvalue weighted by Gasteiger charge is -2.29. The number of para-hydroxylation sites is 3. The van der Waals surface area contributed by atoms with Crippen LogP contribution in [0.1, 0.15) is 11.6 Å². The number of rotatable bonds is 4. The molecule has 2 amide bonds. The molecule has 2 saturated heterocycles. The van der Waals surface area contributed by atoms with Crippen molar-refractivity contribution in [3.05, 3.63) is 84.4 Å². The van der Waals surface area contributed by atoms with Crippen molar-refractivity contribution in [3.63, 3.8) is 0 Å². The molecule has 0 aliphatic carbocycles. The monoisotopic (exact) mass is 416 g/mol. The molecule has 7 nitrogen and oxygen atoms in total. The third-order valence-electron chi connectivity index (χ3n) is 5.71. The second kappa shape index (κ2) is 7.45. The number of phenols is 1. The van der Waals surface area contributed by atoms with E-state index in [-0.39, 0.29) is 17.4 Å². The van der Waals surface area contributed by atoms with Gasteiger partial charge in [0.1, 0.15) is 12.0 Å². The van der Waals surface area contributed by atoms with E-state index in [0.29, 0.717) is 16.9 Å². The number of amides is 2. The van der Waals surface area contributed by atoms with Gasteiger partial charge in [0.15, 0.2) is 17.6 Å². The number of hydrogen-bond donors (Lipinski definition) is 1. The van der Waals surface area contributed by atoms with E-state index in [1.54, 1.807) is 47.5 Å². The van der Waals surface area contributed by atoms with Crippen LogP contribution in [0.25, 0.3) is 0 Å².